The summed E-state index contributed by atoms with van der Waals surface area (Å²) in [5, 5.41) is 6.74. The molecule has 1 aromatic rings. The van der Waals surface area contributed by atoms with E-state index in [0.29, 0.717) is 6.10 Å². The number of nitrogens with one attached hydrogen (secondary N) is 1. The molecule has 0 radical (unpaired) electrons. The van der Waals surface area contributed by atoms with Crippen molar-refractivity contribution in [1.29, 1.82) is 0 Å². The topological polar surface area (TPSA) is 37.4 Å². The van der Waals surface area contributed by atoms with Gasteiger partial charge >= 0.3 is 0 Å². The quantitative estimate of drug-likeness (QED) is 0.781. The number of ether oxygens (including phenoxy) is 1. The van der Waals surface area contributed by atoms with Crippen molar-refractivity contribution >= 4 is 16.5 Å². The van der Waals surface area contributed by atoms with E-state index in [1.165, 1.54) is 17.2 Å². The van der Waals surface area contributed by atoms with Crippen molar-refractivity contribution in [2.24, 2.45) is 0 Å². The molecule has 0 aliphatic carbocycles. The molecule has 19 heavy (non-hydrogen) atoms. The minimum absolute atomic E-state index is 0.451. The van der Waals surface area contributed by atoms with Gasteiger partial charge in [-0.25, -0.2) is 4.98 Å². The van der Waals surface area contributed by atoms with Gasteiger partial charge in [-0.2, -0.15) is 0 Å². The highest BCUT2D eigenvalue weighted by atomic mass is 32.1. The number of hydrogen-bond acceptors (Lipinski definition) is 5. The van der Waals surface area contributed by atoms with E-state index < -0.39 is 0 Å². The van der Waals surface area contributed by atoms with Gasteiger partial charge in [0.05, 0.1) is 11.8 Å². The molecule has 2 rings (SSSR count). The molecule has 0 amide bonds. The maximum Gasteiger partial charge on any atom is 0.185 e. The summed E-state index contributed by atoms with van der Waals surface area (Å²) in [7, 11) is 0. The van der Waals surface area contributed by atoms with Crippen LogP contribution in [0.1, 0.15) is 38.8 Å². The molecule has 1 aliphatic heterocycles. The Kier molecular flexibility index (Phi) is 6.07. The number of rotatable bonds is 7. The number of piperidine rings is 1. The minimum atomic E-state index is 0.451. The van der Waals surface area contributed by atoms with Crippen molar-refractivity contribution in [1.82, 2.24) is 10.3 Å². The van der Waals surface area contributed by atoms with E-state index in [1.807, 2.05) is 0 Å². The third-order valence-electron chi connectivity index (χ3n) is 3.39. The largest absolute Gasteiger partial charge is 0.378 e. The first-order chi connectivity index (χ1) is 9.33. The average molecular weight is 283 g/mol. The van der Waals surface area contributed by atoms with Crippen LogP contribution in [0.3, 0.4) is 0 Å². The molecule has 2 heterocycles. The second-order valence-electron chi connectivity index (χ2n) is 4.94. The Morgan fingerprint density at radius 1 is 1.42 bits per heavy atom. The van der Waals surface area contributed by atoms with Crippen molar-refractivity contribution in [2.75, 3.05) is 31.1 Å². The first kappa shape index (κ1) is 14.8. The van der Waals surface area contributed by atoms with Gasteiger partial charge in [-0.1, -0.05) is 6.92 Å². The zero-order valence-electron chi connectivity index (χ0n) is 12.0. The van der Waals surface area contributed by atoms with Crippen molar-refractivity contribution < 1.29 is 4.74 Å². The van der Waals surface area contributed by atoms with Gasteiger partial charge in [-0.3, -0.25) is 0 Å². The lowest BCUT2D eigenvalue weighted by Crippen LogP contribution is -2.37. The second kappa shape index (κ2) is 7.82. The molecular formula is C14H25N3OS. The van der Waals surface area contributed by atoms with Crippen molar-refractivity contribution in [3.63, 3.8) is 0 Å². The van der Waals surface area contributed by atoms with Gasteiger partial charge in [0.1, 0.15) is 0 Å². The molecule has 1 fully saturated rings. The molecule has 0 unspecified atom stereocenters. The maximum absolute atomic E-state index is 5.68. The summed E-state index contributed by atoms with van der Waals surface area (Å²) in [5.41, 5.74) is 1.17. The fraction of sp³-hybridized carbons (Fsp3) is 0.786. The van der Waals surface area contributed by atoms with E-state index in [-0.39, 0.29) is 0 Å². The third kappa shape index (κ3) is 4.44. The predicted molar refractivity (Wildman–Crippen MR) is 81.0 cm³/mol. The van der Waals surface area contributed by atoms with E-state index in [2.05, 4.69) is 29.4 Å². The Balaban J connectivity index is 1.79. The van der Waals surface area contributed by atoms with Gasteiger partial charge in [0, 0.05) is 31.6 Å². The second-order valence-corrected chi connectivity index (χ2v) is 5.78. The first-order valence-corrected chi connectivity index (χ1v) is 8.23. The van der Waals surface area contributed by atoms with E-state index >= 15 is 0 Å². The normalized spacial score (nSPS) is 17.1. The fourth-order valence-corrected chi connectivity index (χ4v) is 3.24. The Morgan fingerprint density at radius 3 is 2.89 bits per heavy atom. The van der Waals surface area contributed by atoms with Crippen LogP contribution in [0, 0.1) is 0 Å². The van der Waals surface area contributed by atoms with E-state index in [0.717, 1.165) is 45.6 Å². The van der Waals surface area contributed by atoms with Crippen LogP contribution in [0.5, 0.6) is 0 Å². The van der Waals surface area contributed by atoms with Gasteiger partial charge in [0.2, 0.25) is 0 Å². The molecule has 0 saturated carbocycles. The molecule has 1 aromatic heterocycles. The molecule has 0 aromatic carbocycles. The Labute approximate surface area is 120 Å². The predicted octanol–water partition coefficient (Wildman–Crippen LogP) is 2.65. The van der Waals surface area contributed by atoms with Gasteiger partial charge in [0.25, 0.3) is 0 Å². The zero-order chi connectivity index (χ0) is 13.5. The van der Waals surface area contributed by atoms with Crippen LogP contribution in [0.25, 0.3) is 0 Å². The Bertz CT molecular complexity index is 361. The number of nitrogens with zero attached hydrogens (tertiary/aromatic N) is 2. The zero-order valence-corrected chi connectivity index (χ0v) is 12.8. The van der Waals surface area contributed by atoms with Crippen LogP contribution < -0.4 is 10.2 Å². The van der Waals surface area contributed by atoms with Crippen LogP contribution >= 0.6 is 11.3 Å². The van der Waals surface area contributed by atoms with Crippen LogP contribution in [0.15, 0.2) is 5.38 Å². The van der Waals surface area contributed by atoms with Gasteiger partial charge in [0.15, 0.2) is 5.13 Å². The van der Waals surface area contributed by atoms with Crippen LogP contribution in [0.2, 0.25) is 0 Å². The highest BCUT2D eigenvalue weighted by Gasteiger charge is 2.21. The lowest BCUT2D eigenvalue weighted by molar-refractivity contribution is 0.0459. The van der Waals surface area contributed by atoms with Gasteiger partial charge < -0.3 is 15.0 Å². The summed E-state index contributed by atoms with van der Waals surface area (Å²) < 4.78 is 5.68. The minimum Gasteiger partial charge on any atom is -0.378 e. The summed E-state index contributed by atoms with van der Waals surface area (Å²) in [6, 6.07) is 0. The van der Waals surface area contributed by atoms with Crippen molar-refractivity contribution in [2.45, 2.75) is 45.8 Å². The van der Waals surface area contributed by atoms with E-state index in [9.17, 15) is 0 Å². The highest BCUT2D eigenvalue weighted by Crippen LogP contribution is 2.25. The smallest absolute Gasteiger partial charge is 0.185 e. The average Bonchev–Trinajstić information content (AvgIpc) is 2.89. The molecule has 0 bridgehead atoms. The summed E-state index contributed by atoms with van der Waals surface area (Å²) in [4.78, 5) is 7.11. The molecule has 108 valence electrons. The molecule has 1 N–H and O–H groups in total. The molecule has 0 spiro atoms. The third-order valence-corrected chi connectivity index (χ3v) is 4.34. The summed E-state index contributed by atoms with van der Waals surface area (Å²) in [6.45, 7) is 9.17. The number of thiazole rings is 1. The number of aromatic nitrogens is 1. The van der Waals surface area contributed by atoms with Gasteiger partial charge in [-0.05, 0) is 32.7 Å². The SMILES string of the molecule is CCCNCc1csc(N2CCC(OCC)CC2)n1. The summed E-state index contributed by atoms with van der Waals surface area (Å²) in [6.07, 6.45) is 3.86. The fourth-order valence-electron chi connectivity index (χ4n) is 2.37. The summed E-state index contributed by atoms with van der Waals surface area (Å²) in [5.74, 6) is 0. The van der Waals surface area contributed by atoms with E-state index in [4.69, 9.17) is 9.72 Å². The standard InChI is InChI=1S/C14H25N3OS/c1-3-7-15-10-12-11-19-14(16-12)17-8-5-13(6-9-17)18-4-2/h11,13,15H,3-10H2,1-2H3. The molecular weight excluding hydrogens is 258 g/mol. The maximum atomic E-state index is 5.68. The molecule has 4 nitrogen and oxygen atoms in total. The van der Waals surface area contributed by atoms with Crippen LogP contribution in [-0.4, -0.2) is 37.3 Å². The van der Waals surface area contributed by atoms with E-state index in [1.54, 1.807) is 11.3 Å². The number of hydrogen-bond donors (Lipinski definition) is 1. The summed E-state index contributed by atoms with van der Waals surface area (Å²) >= 11 is 1.76. The molecule has 1 aliphatic rings. The lowest BCUT2D eigenvalue weighted by atomic mass is 10.1. The van der Waals surface area contributed by atoms with Crippen molar-refractivity contribution in [3.8, 4) is 0 Å². The monoisotopic (exact) mass is 283 g/mol. The number of anilines is 1. The van der Waals surface area contributed by atoms with Crippen molar-refractivity contribution in [3.05, 3.63) is 11.1 Å². The molecule has 5 heteroatoms. The Morgan fingerprint density at radius 2 is 2.21 bits per heavy atom. The Hall–Kier alpha value is -0.650. The first-order valence-electron chi connectivity index (χ1n) is 7.35. The lowest BCUT2D eigenvalue weighted by Gasteiger charge is -2.31. The van der Waals surface area contributed by atoms with Crippen LogP contribution in [0.4, 0.5) is 5.13 Å². The molecule has 0 atom stereocenters. The highest BCUT2D eigenvalue weighted by molar-refractivity contribution is 7.13. The molecule has 1 saturated heterocycles. The van der Waals surface area contributed by atoms with Gasteiger partial charge in [-0.15, -0.1) is 11.3 Å². The van der Waals surface area contributed by atoms with Crippen LogP contribution in [-0.2, 0) is 11.3 Å².